The third-order valence-electron chi connectivity index (χ3n) is 5.88. The zero-order chi connectivity index (χ0) is 21.5. The van der Waals surface area contributed by atoms with E-state index < -0.39 is 0 Å². The van der Waals surface area contributed by atoms with E-state index in [0.717, 1.165) is 49.5 Å². The topological polar surface area (TPSA) is 33.7 Å². The summed E-state index contributed by atoms with van der Waals surface area (Å²) >= 11 is 0. The Balaban J connectivity index is 1.31. The van der Waals surface area contributed by atoms with Crippen molar-refractivity contribution in [2.75, 3.05) is 25.5 Å². The van der Waals surface area contributed by atoms with E-state index in [1.807, 2.05) is 24.3 Å². The number of rotatable bonds is 8. The smallest absolute Gasteiger partial charge is 0.161 e. The predicted octanol–water partition coefficient (Wildman–Crippen LogP) is 5.66. The first-order chi connectivity index (χ1) is 15.2. The van der Waals surface area contributed by atoms with E-state index in [9.17, 15) is 0 Å². The quantitative estimate of drug-likeness (QED) is 0.514. The highest BCUT2D eigenvalue weighted by atomic mass is 16.5. The fraction of sp³-hybridized carbons (Fsp3) is 0.333. The average molecular weight is 417 g/mol. The molecule has 162 valence electrons. The van der Waals surface area contributed by atoms with Crippen LogP contribution in [-0.2, 0) is 13.2 Å². The number of aryl methyl sites for hydroxylation is 1. The SMILES string of the molecule is COc1ccc(CN2CCC(Nc3ccc(C)cc3)CC2)cc1OCc1ccccc1. The monoisotopic (exact) mass is 416 g/mol. The lowest BCUT2D eigenvalue weighted by Crippen LogP contribution is -2.38. The number of nitrogens with one attached hydrogen (secondary N) is 1. The van der Waals surface area contributed by atoms with Crippen LogP contribution >= 0.6 is 0 Å². The standard InChI is InChI=1S/C27H32N2O2/c1-21-8-11-24(12-9-21)28-25-14-16-29(17-15-25)19-23-10-13-26(30-2)27(18-23)31-20-22-6-4-3-5-7-22/h3-13,18,25,28H,14-17,19-20H2,1-2H3. The Morgan fingerprint density at radius 3 is 2.32 bits per heavy atom. The van der Waals surface area contributed by atoms with Gasteiger partial charge in [-0.3, -0.25) is 4.90 Å². The summed E-state index contributed by atoms with van der Waals surface area (Å²) in [6, 6.07) is 25.7. The van der Waals surface area contributed by atoms with Gasteiger partial charge in [0.25, 0.3) is 0 Å². The number of hydrogen-bond acceptors (Lipinski definition) is 4. The minimum atomic E-state index is 0.538. The molecule has 0 aromatic heterocycles. The van der Waals surface area contributed by atoms with Crippen LogP contribution in [-0.4, -0.2) is 31.1 Å². The largest absolute Gasteiger partial charge is 0.493 e. The molecule has 0 unspecified atom stereocenters. The van der Waals surface area contributed by atoms with E-state index in [1.54, 1.807) is 7.11 Å². The predicted molar refractivity (Wildman–Crippen MR) is 127 cm³/mol. The number of likely N-dealkylation sites (tertiary alicyclic amines) is 1. The highest BCUT2D eigenvalue weighted by molar-refractivity contribution is 5.45. The lowest BCUT2D eigenvalue weighted by atomic mass is 10.0. The number of methoxy groups -OCH3 is 1. The fourth-order valence-electron chi connectivity index (χ4n) is 4.05. The van der Waals surface area contributed by atoms with Crippen molar-refractivity contribution >= 4 is 5.69 Å². The normalized spacial score (nSPS) is 14.9. The molecule has 0 bridgehead atoms. The van der Waals surface area contributed by atoms with E-state index in [-0.39, 0.29) is 0 Å². The van der Waals surface area contributed by atoms with Crippen LogP contribution in [0.15, 0.2) is 72.8 Å². The Kier molecular flexibility index (Phi) is 7.11. The summed E-state index contributed by atoms with van der Waals surface area (Å²) in [4.78, 5) is 2.52. The zero-order valence-electron chi connectivity index (χ0n) is 18.5. The van der Waals surface area contributed by atoms with Crippen LogP contribution in [0, 0.1) is 6.92 Å². The molecule has 1 aliphatic rings. The first-order valence-corrected chi connectivity index (χ1v) is 11.1. The molecular weight excluding hydrogens is 384 g/mol. The summed E-state index contributed by atoms with van der Waals surface area (Å²) in [6.07, 6.45) is 2.31. The number of piperidine rings is 1. The van der Waals surface area contributed by atoms with Gasteiger partial charge in [0.05, 0.1) is 7.11 Å². The van der Waals surface area contributed by atoms with Gasteiger partial charge in [-0.05, 0) is 55.2 Å². The van der Waals surface area contributed by atoms with Crippen LogP contribution in [0.1, 0.15) is 29.5 Å². The van der Waals surface area contributed by atoms with Gasteiger partial charge in [0, 0.05) is 31.4 Å². The van der Waals surface area contributed by atoms with Gasteiger partial charge < -0.3 is 14.8 Å². The Hall–Kier alpha value is -2.98. The summed E-state index contributed by atoms with van der Waals surface area (Å²) in [7, 11) is 1.69. The highest BCUT2D eigenvalue weighted by Gasteiger charge is 2.19. The summed E-state index contributed by atoms with van der Waals surface area (Å²) in [5.41, 5.74) is 4.93. The third kappa shape index (κ3) is 6.02. The number of hydrogen-bond donors (Lipinski definition) is 1. The van der Waals surface area contributed by atoms with Crippen molar-refractivity contribution in [2.24, 2.45) is 0 Å². The van der Waals surface area contributed by atoms with E-state index in [0.29, 0.717) is 12.6 Å². The first kappa shape index (κ1) is 21.3. The number of benzene rings is 3. The van der Waals surface area contributed by atoms with Crippen molar-refractivity contribution in [2.45, 2.75) is 39.0 Å². The molecular formula is C27H32N2O2. The minimum absolute atomic E-state index is 0.538. The lowest BCUT2D eigenvalue weighted by molar-refractivity contribution is 0.210. The zero-order valence-corrected chi connectivity index (χ0v) is 18.5. The molecule has 1 fully saturated rings. The van der Waals surface area contributed by atoms with Gasteiger partial charge in [-0.15, -0.1) is 0 Å². The van der Waals surface area contributed by atoms with E-state index in [2.05, 4.69) is 65.7 Å². The van der Waals surface area contributed by atoms with Crippen molar-refractivity contribution in [1.82, 2.24) is 4.90 Å². The van der Waals surface area contributed by atoms with Crippen molar-refractivity contribution in [3.8, 4) is 11.5 Å². The first-order valence-electron chi connectivity index (χ1n) is 11.1. The molecule has 0 atom stereocenters. The molecule has 1 saturated heterocycles. The van der Waals surface area contributed by atoms with Gasteiger partial charge in [0.15, 0.2) is 11.5 Å². The molecule has 3 aromatic carbocycles. The van der Waals surface area contributed by atoms with Gasteiger partial charge in [-0.2, -0.15) is 0 Å². The minimum Gasteiger partial charge on any atom is -0.493 e. The Labute approximate surface area is 185 Å². The van der Waals surface area contributed by atoms with Crippen molar-refractivity contribution < 1.29 is 9.47 Å². The van der Waals surface area contributed by atoms with E-state index in [1.165, 1.54) is 16.8 Å². The number of ether oxygens (including phenoxy) is 2. The molecule has 0 aliphatic carbocycles. The van der Waals surface area contributed by atoms with Gasteiger partial charge in [0.2, 0.25) is 0 Å². The molecule has 1 heterocycles. The van der Waals surface area contributed by atoms with Gasteiger partial charge in [-0.25, -0.2) is 0 Å². The summed E-state index contributed by atoms with van der Waals surface area (Å²) in [5.74, 6) is 1.58. The van der Waals surface area contributed by atoms with Crippen LogP contribution in [0.25, 0.3) is 0 Å². The number of anilines is 1. The van der Waals surface area contributed by atoms with E-state index in [4.69, 9.17) is 9.47 Å². The summed E-state index contributed by atoms with van der Waals surface area (Å²) in [6.45, 7) is 5.78. The van der Waals surface area contributed by atoms with Crippen LogP contribution in [0.2, 0.25) is 0 Å². The Morgan fingerprint density at radius 1 is 0.871 bits per heavy atom. The van der Waals surface area contributed by atoms with E-state index >= 15 is 0 Å². The molecule has 4 heteroatoms. The Bertz CT molecular complexity index is 949. The molecule has 0 saturated carbocycles. The maximum atomic E-state index is 6.08. The molecule has 4 rings (SSSR count). The molecule has 4 nitrogen and oxygen atoms in total. The van der Waals surface area contributed by atoms with Crippen LogP contribution in [0.4, 0.5) is 5.69 Å². The molecule has 1 N–H and O–H groups in total. The highest BCUT2D eigenvalue weighted by Crippen LogP contribution is 2.30. The maximum absolute atomic E-state index is 6.08. The molecule has 1 aliphatic heterocycles. The van der Waals surface area contributed by atoms with Gasteiger partial charge >= 0.3 is 0 Å². The number of nitrogens with zero attached hydrogens (tertiary/aromatic N) is 1. The van der Waals surface area contributed by atoms with Gasteiger partial charge in [-0.1, -0.05) is 54.1 Å². The maximum Gasteiger partial charge on any atom is 0.161 e. The Morgan fingerprint density at radius 2 is 1.61 bits per heavy atom. The van der Waals surface area contributed by atoms with Gasteiger partial charge in [0.1, 0.15) is 6.61 Å². The average Bonchev–Trinajstić information content (AvgIpc) is 2.81. The lowest BCUT2D eigenvalue weighted by Gasteiger charge is -2.33. The summed E-state index contributed by atoms with van der Waals surface area (Å²) < 4.78 is 11.6. The fourth-order valence-corrected chi connectivity index (χ4v) is 4.05. The second-order valence-electron chi connectivity index (χ2n) is 8.32. The molecule has 0 amide bonds. The van der Waals surface area contributed by atoms with Crippen LogP contribution in [0.5, 0.6) is 11.5 Å². The second kappa shape index (κ2) is 10.4. The van der Waals surface area contributed by atoms with Crippen LogP contribution in [0.3, 0.4) is 0 Å². The molecule has 0 radical (unpaired) electrons. The van der Waals surface area contributed by atoms with Crippen molar-refractivity contribution in [1.29, 1.82) is 0 Å². The third-order valence-corrected chi connectivity index (χ3v) is 5.88. The summed E-state index contributed by atoms with van der Waals surface area (Å²) in [5, 5.41) is 3.69. The van der Waals surface area contributed by atoms with Crippen LogP contribution < -0.4 is 14.8 Å². The molecule has 31 heavy (non-hydrogen) atoms. The van der Waals surface area contributed by atoms with Crippen molar-refractivity contribution in [3.63, 3.8) is 0 Å². The van der Waals surface area contributed by atoms with Crippen molar-refractivity contribution in [3.05, 3.63) is 89.5 Å². The molecule has 0 spiro atoms. The molecule has 3 aromatic rings. The second-order valence-corrected chi connectivity index (χ2v) is 8.32.